The number of alkyl halides is 2. The number of halogens is 3. The summed E-state index contributed by atoms with van der Waals surface area (Å²) in [6.45, 7) is 0. The van der Waals surface area contributed by atoms with E-state index in [2.05, 4.69) is 20.9 Å². The maximum atomic E-state index is 12.3. The van der Waals surface area contributed by atoms with Crippen LogP contribution in [-0.2, 0) is 0 Å². The molecule has 14 heavy (non-hydrogen) atoms. The highest BCUT2D eigenvalue weighted by Crippen LogP contribution is 2.24. The van der Waals surface area contributed by atoms with Crippen LogP contribution in [0, 0.1) is 11.3 Å². The van der Waals surface area contributed by atoms with Crippen molar-refractivity contribution in [1.82, 2.24) is 4.98 Å². The molecule has 0 unspecified atom stereocenters. The molecular formula is C8H3BrF2N2O. The predicted molar refractivity (Wildman–Crippen MR) is 47.0 cm³/mol. The van der Waals surface area contributed by atoms with E-state index in [-0.39, 0.29) is 22.0 Å². The molecule has 0 spiro atoms. The fourth-order valence-electron chi connectivity index (χ4n) is 0.865. The summed E-state index contributed by atoms with van der Waals surface area (Å²) >= 11 is 2.94. The zero-order chi connectivity index (χ0) is 10.7. The Labute approximate surface area is 86.5 Å². The first-order valence-electron chi connectivity index (χ1n) is 3.44. The van der Waals surface area contributed by atoms with Gasteiger partial charge in [0.2, 0.25) is 0 Å². The number of aromatic nitrogens is 1. The standard InChI is InChI=1S/C8H3BrF2N2O/c9-5-1-4(3-14)7(8(10)11)13-6(5)2-12/h1,3,8H. The second-order valence-corrected chi connectivity index (χ2v) is 3.18. The fraction of sp³-hybridized carbons (Fsp3) is 0.125. The van der Waals surface area contributed by atoms with Gasteiger partial charge < -0.3 is 0 Å². The SMILES string of the molecule is N#Cc1nc(C(F)F)c(C=O)cc1Br. The number of hydrogen-bond donors (Lipinski definition) is 0. The van der Waals surface area contributed by atoms with Crippen molar-refractivity contribution >= 4 is 22.2 Å². The molecule has 0 aromatic carbocycles. The van der Waals surface area contributed by atoms with Crippen LogP contribution >= 0.6 is 15.9 Å². The molecule has 0 saturated heterocycles. The van der Waals surface area contributed by atoms with E-state index in [0.717, 1.165) is 6.07 Å². The van der Waals surface area contributed by atoms with Gasteiger partial charge in [-0.2, -0.15) is 5.26 Å². The molecule has 72 valence electrons. The molecule has 1 rings (SSSR count). The van der Waals surface area contributed by atoms with Crippen LogP contribution in [0.25, 0.3) is 0 Å². The topological polar surface area (TPSA) is 53.8 Å². The summed E-state index contributed by atoms with van der Waals surface area (Å²) in [4.78, 5) is 13.8. The number of carbonyl (C=O) groups excluding carboxylic acids is 1. The molecule has 1 aromatic heterocycles. The largest absolute Gasteiger partial charge is 0.298 e. The molecule has 0 fully saturated rings. The minimum Gasteiger partial charge on any atom is -0.298 e. The summed E-state index contributed by atoms with van der Waals surface area (Å²) in [7, 11) is 0. The molecule has 0 aliphatic carbocycles. The average Bonchev–Trinajstić information content (AvgIpc) is 2.16. The summed E-state index contributed by atoms with van der Waals surface area (Å²) in [6.07, 6.45) is -2.59. The molecule has 6 heteroatoms. The van der Waals surface area contributed by atoms with Gasteiger partial charge >= 0.3 is 0 Å². The van der Waals surface area contributed by atoms with Crippen LogP contribution in [-0.4, -0.2) is 11.3 Å². The first-order chi connectivity index (χ1) is 6.60. The lowest BCUT2D eigenvalue weighted by Gasteiger charge is -2.03. The van der Waals surface area contributed by atoms with Gasteiger partial charge in [-0.15, -0.1) is 0 Å². The lowest BCUT2D eigenvalue weighted by atomic mass is 10.2. The van der Waals surface area contributed by atoms with Gasteiger partial charge in [0.1, 0.15) is 11.8 Å². The molecule has 3 nitrogen and oxygen atoms in total. The van der Waals surface area contributed by atoms with Gasteiger partial charge in [0.25, 0.3) is 6.43 Å². The van der Waals surface area contributed by atoms with E-state index in [4.69, 9.17) is 5.26 Å². The molecule has 0 radical (unpaired) electrons. The van der Waals surface area contributed by atoms with Gasteiger partial charge in [-0.05, 0) is 22.0 Å². The van der Waals surface area contributed by atoms with E-state index in [0.29, 0.717) is 0 Å². The number of nitriles is 1. The van der Waals surface area contributed by atoms with Crippen molar-refractivity contribution in [2.24, 2.45) is 0 Å². The van der Waals surface area contributed by atoms with Crippen molar-refractivity contribution in [3.05, 3.63) is 27.5 Å². The van der Waals surface area contributed by atoms with Crippen LogP contribution in [0.1, 0.15) is 28.2 Å². The Bertz CT molecular complexity index is 415. The monoisotopic (exact) mass is 260 g/mol. The van der Waals surface area contributed by atoms with E-state index in [1.54, 1.807) is 6.07 Å². The molecule has 1 heterocycles. The third-order valence-corrected chi connectivity index (χ3v) is 2.08. The Kier molecular flexibility index (Phi) is 3.25. The van der Waals surface area contributed by atoms with E-state index in [1.807, 2.05) is 0 Å². The van der Waals surface area contributed by atoms with Gasteiger partial charge in [-0.1, -0.05) is 0 Å². The summed E-state index contributed by atoms with van der Waals surface area (Å²) in [5.74, 6) is 0. The molecule has 1 aromatic rings. The lowest BCUT2D eigenvalue weighted by Crippen LogP contribution is -2.00. The van der Waals surface area contributed by atoms with E-state index >= 15 is 0 Å². The Balaban J connectivity index is 3.41. The van der Waals surface area contributed by atoms with Crippen LogP contribution in [0.3, 0.4) is 0 Å². The molecule has 0 aliphatic rings. The third kappa shape index (κ3) is 1.93. The van der Waals surface area contributed by atoms with Gasteiger partial charge in [0, 0.05) is 5.56 Å². The lowest BCUT2D eigenvalue weighted by molar-refractivity contribution is 0.110. The van der Waals surface area contributed by atoms with Crippen LogP contribution in [0.2, 0.25) is 0 Å². The molecule has 0 saturated carbocycles. The summed E-state index contributed by atoms with van der Waals surface area (Å²) in [6, 6.07) is 2.79. The number of pyridine rings is 1. The highest BCUT2D eigenvalue weighted by Gasteiger charge is 2.17. The van der Waals surface area contributed by atoms with Gasteiger partial charge in [0.15, 0.2) is 12.0 Å². The number of aldehydes is 1. The second-order valence-electron chi connectivity index (χ2n) is 2.32. The van der Waals surface area contributed by atoms with Crippen LogP contribution in [0.15, 0.2) is 10.5 Å². The first-order valence-corrected chi connectivity index (χ1v) is 4.23. The summed E-state index contributed by atoms with van der Waals surface area (Å²) in [5, 5.41) is 8.51. The van der Waals surface area contributed by atoms with E-state index in [9.17, 15) is 13.6 Å². The molecular weight excluding hydrogens is 258 g/mol. The fourth-order valence-corrected chi connectivity index (χ4v) is 1.29. The maximum Gasteiger partial charge on any atom is 0.281 e. The average molecular weight is 261 g/mol. The first kappa shape index (κ1) is 10.7. The number of carbonyl (C=O) groups is 1. The number of hydrogen-bond acceptors (Lipinski definition) is 3. The van der Waals surface area contributed by atoms with Crippen molar-refractivity contribution in [2.75, 3.05) is 0 Å². The van der Waals surface area contributed by atoms with Gasteiger partial charge in [-0.3, -0.25) is 4.79 Å². The van der Waals surface area contributed by atoms with Crippen LogP contribution < -0.4 is 0 Å². The Morgan fingerprint density at radius 3 is 2.71 bits per heavy atom. The number of nitrogens with zero attached hydrogens (tertiary/aromatic N) is 2. The zero-order valence-electron chi connectivity index (χ0n) is 6.67. The zero-order valence-corrected chi connectivity index (χ0v) is 8.25. The van der Waals surface area contributed by atoms with Crippen molar-refractivity contribution in [1.29, 1.82) is 5.26 Å². The van der Waals surface area contributed by atoms with Crippen LogP contribution in [0.5, 0.6) is 0 Å². The molecule has 0 bridgehead atoms. The van der Waals surface area contributed by atoms with Gasteiger partial charge in [0.05, 0.1) is 4.47 Å². The van der Waals surface area contributed by atoms with Crippen molar-refractivity contribution in [3.8, 4) is 6.07 Å². The Morgan fingerprint density at radius 2 is 2.29 bits per heavy atom. The van der Waals surface area contributed by atoms with E-state index in [1.165, 1.54) is 0 Å². The minimum atomic E-state index is -2.87. The number of rotatable bonds is 2. The Morgan fingerprint density at radius 1 is 1.64 bits per heavy atom. The minimum absolute atomic E-state index is 0.161. The molecule has 0 aliphatic heterocycles. The smallest absolute Gasteiger partial charge is 0.281 e. The molecule has 0 atom stereocenters. The summed E-state index contributed by atoms with van der Waals surface area (Å²) < 4.78 is 24.9. The second kappa shape index (κ2) is 4.24. The highest BCUT2D eigenvalue weighted by molar-refractivity contribution is 9.10. The maximum absolute atomic E-state index is 12.3. The van der Waals surface area contributed by atoms with Crippen LogP contribution in [0.4, 0.5) is 8.78 Å². The van der Waals surface area contributed by atoms with Crippen molar-refractivity contribution in [2.45, 2.75) is 6.43 Å². The van der Waals surface area contributed by atoms with Gasteiger partial charge in [-0.25, -0.2) is 13.8 Å². The Hall–Kier alpha value is -1.35. The summed E-state index contributed by atoms with van der Waals surface area (Å²) in [5.41, 5.74) is -1.04. The van der Waals surface area contributed by atoms with Crippen molar-refractivity contribution in [3.63, 3.8) is 0 Å². The quantitative estimate of drug-likeness (QED) is 0.768. The van der Waals surface area contributed by atoms with E-state index < -0.39 is 12.1 Å². The normalized spacial score (nSPS) is 9.93. The molecule has 0 N–H and O–H groups in total. The predicted octanol–water partition coefficient (Wildman–Crippen LogP) is 2.47. The third-order valence-electron chi connectivity index (χ3n) is 1.48. The highest BCUT2D eigenvalue weighted by atomic mass is 79.9. The van der Waals surface area contributed by atoms with Crippen molar-refractivity contribution < 1.29 is 13.6 Å². The molecule has 0 amide bonds.